The number of aromatic nitrogens is 1. The number of H-pyrrole nitrogens is 1. The Labute approximate surface area is 170 Å². The quantitative estimate of drug-likeness (QED) is 0.570. The van der Waals surface area contributed by atoms with Crippen molar-refractivity contribution in [3.63, 3.8) is 0 Å². The maximum Gasteiger partial charge on any atom is 0.124 e. The number of rotatable bonds is 10. The maximum absolute atomic E-state index is 6.29. The number of unbranched alkanes of at least 4 members (excludes halogenated alkanes) is 1. The van der Waals surface area contributed by atoms with Crippen LogP contribution >= 0.6 is 0 Å². The molecule has 0 bridgehead atoms. The van der Waals surface area contributed by atoms with E-state index in [-0.39, 0.29) is 0 Å². The van der Waals surface area contributed by atoms with Crippen molar-refractivity contribution >= 4 is 10.9 Å². The molecule has 4 heteroatoms. The zero-order valence-electron chi connectivity index (χ0n) is 18.2. The van der Waals surface area contributed by atoms with Gasteiger partial charge in [0.1, 0.15) is 5.75 Å². The number of hydrogen-bond donors (Lipinski definition) is 1. The topological polar surface area (TPSA) is 37.5 Å². The number of nitrogens with zero attached hydrogens (tertiary/aromatic N) is 1. The lowest BCUT2D eigenvalue weighted by atomic mass is 10.00. The Morgan fingerprint density at radius 2 is 2.04 bits per heavy atom. The predicted molar refractivity (Wildman–Crippen MR) is 117 cm³/mol. The molecule has 156 valence electrons. The second-order valence-corrected chi connectivity index (χ2v) is 8.37. The smallest absolute Gasteiger partial charge is 0.124 e. The lowest BCUT2D eigenvalue weighted by Crippen LogP contribution is -2.37. The summed E-state index contributed by atoms with van der Waals surface area (Å²) in [5.41, 5.74) is 3.77. The van der Waals surface area contributed by atoms with Gasteiger partial charge in [0.2, 0.25) is 0 Å². The van der Waals surface area contributed by atoms with Gasteiger partial charge in [0, 0.05) is 48.9 Å². The number of ether oxygens (including phenoxy) is 2. The summed E-state index contributed by atoms with van der Waals surface area (Å²) in [6.07, 6.45) is 9.88. The molecular weight excluding hydrogens is 348 g/mol. The lowest BCUT2D eigenvalue weighted by Gasteiger charge is -2.33. The summed E-state index contributed by atoms with van der Waals surface area (Å²) in [4.78, 5) is 5.93. The van der Waals surface area contributed by atoms with Crippen LogP contribution in [0, 0.1) is 12.8 Å². The summed E-state index contributed by atoms with van der Waals surface area (Å²) < 4.78 is 12.0. The number of fused-ring (bicyclic) bond motifs is 1. The fraction of sp³-hybridized carbons (Fsp3) is 0.667. The normalized spacial score (nSPS) is 17.3. The largest absolute Gasteiger partial charge is 0.496 e. The summed E-state index contributed by atoms with van der Waals surface area (Å²) >= 11 is 0. The van der Waals surface area contributed by atoms with Crippen LogP contribution in [0.3, 0.4) is 0 Å². The van der Waals surface area contributed by atoms with E-state index in [0.717, 1.165) is 50.8 Å². The van der Waals surface area contributed by atoms with E-state index in [2.05, 4.69) is 42.8 Å². The molecule has 2 heterocycles. The van der Waals surface area contributed by atoms with E-state index >= 15 is 0 Å². The van der Waals surface area contributed by atoms with Gasteiger partial charge in [-0.3, -0.25) is 4.90 Å². The molecule has 0 radical (unpaired) electrons. The van der Waals surface area contributed by atoms with Crippen molar-refractivity contribution < 1.29 is 9.47 Å². The summed E-state index contributed by atoms with van der Waals surface area (Å²) in [6.45, 7) is 10.8. The van der Waals surface area contributed by atoms with E-state index in [9.17, 15) is 0 Å². The first-order chi connectivity index (χ1) is 13.7. The Hall–Kier alpha value is -1.52. The monoisotopic (exact) mass is 386 g/mol. The van der Waals surface area contributed by atoms with Gasteiger partial charge in [-0.25, -0.2) is 0 Å². The highest BCUT2D eigenvalue weighted by Gasteiger charge is 2.23. The van der Waals surface area contributed by atoms with E-state index in [1.807, 2.05) is 6.20 Å². The van der Waals surface area contributed by atoms with Crippen molar-refractivity contribution in [2.24, 2.45) is 5.92 Å². The fourth-order valence-electron chi connectivity index (χ4n) is 4.41. The highest BCUT2D eigenvalue weighted by atomic mass is 16.5. The molecule has 1 aliphatic heterocycles. The molecular formula is C24H38N2O2. The van der Waals surface area contributed by atoms with Crippen LogP contribution in [0.1, 0.15) is 63.5 Å². The van der Waals surface area contributed by atoms with Gasteiger partial charge in [0.25, 0.3) is 0 Å². The minimum absolute atomic E-state index is 0.430. The number of likely N-dealkylation sites (tertiary alicyclic amines) is 1. The third-order valence-electron chi connectivity index (χ3n) is 6.36. The highest BCUT2D eigenvalue weighted by Crippen LogP contribution is 2.32. The lowest BCUT2D eigenvalue weighted by molar-refractivity contribution is -0.0126. The number of aromatic amines is 1. The number of hydrogen-bond acceptors (Lipinski definition) is 3. The first-order valence-electron chi connectivity index (χ1n) is 11.1. The van der Waals surface area contributed by atoms with E-state index in [4.69, 9.17) is 9.47 Å². The summed E-state index contributed by atoms with van der Waals surface area (Å²) in [5, 5.41) is 1.29. The third-order valence-corrected chi connectivity index (χ3v) is 6.36. The van der Waals surface area contributed by atoms with Gasteiger partial charge in [-0.15, -0.1) is 0 Å². The van der Waals surface area contributed by atoms with Crippen molar-refractivity contribution in [1.82, 2.24) is 9.88 Å². The fourth-order valence-corrected chi connectivity index (χ4v) is 4.41. The molecule has 1 atom stereocenters. The molecule has 0 amide bonds. The van der Waals surface area contributed by atoms with Crippen molar-refractivity contribution in [1.29, 1.82) is 0 Å². The van der Waals surface area contributed by atoms with Crippen LogP contribution < -0.4 is 4.74 Å². The van der Waals surface area contributed by atoms with Crippen LogP contribution in [0.5, 0.6) is 5.75 Å². The Morgan fingerprint density at radius 1 is 1.25 bits per heavy atom. The molecule has 1 unspecified atom stereocenters. The third kappa shape index (κ3) is 5.09. The van der Waals surface area contributed by atoms with Crippen molar-refractivity contribution in [3.8, 4) is 5.75 Å². The number of benzene rings is 1. The minimum Gasteiger partial charge on any atom is -0.496 e. The van der Waals surface area contributed by atoms with Crippen LogP contribution in [0.15, 0.2) is 18.3 Å². The Balaban J connectivity index is 1.54. The molecule has 4 nitrogen and oxygen atoms in total. The zero-order chi connectivity index (χ0) is 19.9. The number of aryl methyl sites for hydroxylation is 1. The van der Waals surface area contributed by atoms with Crippen LogP contribution in [0.4, 0.5) is 0 Å². The second kappa shape index (κ2) is 10.3. The number of methoxy groups -OCH3 is 1. The molecule has 1 aliphatic rings. The molecule has 1 fully saturated rings. The molecule has 0 aliphatic carbocycles. The Kier molecular flexibility index (Phi) is 7.81. The second-order valence-electron chi connectivity index (χ2n) is 8.37. The molecule has 0 spiro atoms. The summed E-state index contributed by atoms with van der Waals surface area (Å²) in [7, 11) is 1.78. The molecule has 1 aromatic carbocycles. The van der Waals surface area contributed by atoms with Gasteiger partial charge in [0.05, 0.1) is 13.2 Å². The zero-order valence-corrected chi connectivity index (χ0v) is 18.2. The molecule has 1 aromatic heterocycles. The van der Waals surface area contributed by atoms with Crippen LogP contribution in [-0.2, 0) is 11.3 Å². The molecule has 2 aromatic rings. The SMILES string of the molecule is CCCCC(CC)COC1CCN(Cc2c(OC)cc(C)c3[nH]ccc23)CC1. The molecule has 3 rings (SSSR count). The standard InChI is InChI=1S/C24H38N2O2/c1-5-7-8-19(6-2)17-28-20-10-13-26(14-11-20)16-22-21-9-12-25-24(21)18(3)15-23(22)27-4/h9,12,15,19-20,25H,5-8,10-11,13-14,16-17H2,1-4H3. The Morgan fingerprint density at radius 3 is 2.71 bits per heavy atom. The molecule has 1 saturated heterocycles. The number of piperidine rings is 1. The van der Waals surface area contributed by atoms with Crippen LogP contribution in [0.25, 0.3) is 10.9 Å². The maximum atomic E-state index is 6.29. The van der Waals surface area contributed by atoms with E-state index < -0.39 is 0 Å². The average molecular weight is 387 g/mol. The first kappa shape index (κ1) is 21.2. The van der Waals surface area contributed by atoms with Crippen molar-refractivity contribution in [2.45, 2.75) is 71.9 Å². The molecule has 0 saturated carbocycles. The van der Waals surface area contributed by atoms with Crippen LogP contribution in [0.2, 0.25) is 0 Å². The van der Waals surface area contributed by atoms with Crippen LogP contribution in [-0.4, -0.2) is 42.8 Å². The van der Waals surface area contributed by atoms with E-state index in [1.165, 1.54) is 47.7 Å². The Bertz CT molecular complexity index is 732. The molecule has 1 N–H and O–H groups in total. The summed E-state index contributed by atoms with van der Waals surface area (Å²) in [6, 6.07) is 4.34. The van der Waals surface area contributed by atoms with Crippen molar-refractivity contribution in [2.75, 3.05) is 26.8 Å². The predicted octanol–water partition coefficient (Wildman–Crippen LogP) is 5.68. The van der Waals surface area contributed by atoms with Gasteiger partial charge in [-0.05, 0) is 49.8 Å². The first-order valence-corrected chi connectivity index (χ1v) is 11.1. The van der Waals surface area contributed by atoms with Gasteiger partial charge >= 0.3 is 0 Å². The van der Waals surface area contributed by atoms with Gasteiger partial charge in [0.15, 0.2) is 0 Å². The van der Waals surface area contributed by atoms with E-state index in [1.54, 1.807) is 7.11 Å². The van der Waals surface area contributed by atoms with Crippen molar-refractivity contribution in [3.05, 3.63) is 29.5 Å². The number of nitrogens with one attached hydrogen (secondary N) is 1. The van der Waals surface area contributed by atoms with Gasteiger partial charge in [-0.2, -0.15) is 0 Å². The summed E-state index contributed by atoms with van der Waals surface area (Å²) in [5.74, 6) is 1.74. The minimum atomic E-state index is 0.430. The van der Waals surface area contributed by atoms with Gasteiger partial charge < -0.3 is 14.5 Å². The van der Waals surface area contributed by atoms with E-state index in [0.29, 0.717) is 6.10 Å². The average Bonchev–Trinajstić information content (AvgIpc) is 3.22. The highest BCUT2D eigenvalue weighted by molar-refractivity contribution is 5.88. The molecule has 28 heavy (non-hydrogen) atoms. The van der Waals surface area contributed by atoms with Gasteiger partial charge in [-0.1, -0.05) is 33.1 Å².